The maximum Gasteiger partial charge on any atom is 0.317 e. The molecule has 1 N–H and O–H groups in total. The van der Waals surface area contributed by atoms with E-state index in [4.69, 9.17) is 4.42 Å². The molecule has 0 saturated carbocycles. The van der Waals surface area contributed by atoms with Gasteiger partial charge in [0.15, 0.2) is 0 Å². The molecule has 0 saturated heterocycles. The van der Waals surface area contributed by atoms with Crippen LogP contribution in [0.1, 0.15) is 18.2 Å². The minimum absolute atomic E-state index is 0.0185. The highest BCUT2D eigenvalue weighted by Gasteiger charge is 2.14. The summed E-state index contributed by atoms with van der Waals surface area (Å²) in [5.74, 6) is 0.868. The summed E-state index contributed by atoms with van der Waals surface area (Å²) in [6, 6.07) is 3.67. The van der Waals surface area contributed by atoms with Crippen LogP contribution < -0.4 is 5.32 Å². The Hall–Kier alpha value is -2.24. The zero-order valence-corrected chi connectivity index (χ0v) is 12.0. The molecule has 0 aliphatic heterocycles. The number of amides is 2. The van der Waals surface area contributed by atoms with Gasteiger partial charge in [0, 0.05) is 38.3 Å². The molecule has 0 bridgehead atoms. The Morgan fingerprint density at radius 2 is 2.40 bits per heavy atom. The van der Waals surface area contributed by atoms with E-state index in [9.17, 15) is 4.79 Å². The number of carbonyl (C=O) groups is 1. The van der Waals surface area contributed by atoms with Gasteiger partial charge in [0.25, 0.3) is 0 Å². The summed E-state index contributed by atoms with van der Waals surface area (Å²) in [6.45, 7) is 2.49. The van der Waals surface area contributed by atoms with E-state index in [2.05, 4.69) is 10.4 Å². The fourth-order valence-electron chi connectivity index (χ4n) is 2.00. The predicted molar refractivity (Wildman–Crippen MR) is 75.1 cm³/mol. The summed E-state index contributed by atoms with van der Waals surface area (Å²) in [6.07, 6.45) is 5.98. The molecule has 2 amide bonds. The second-order valence-corrected chi connectivity index (χ2v) is 5.01. The van der Waals surface area contributed by atoms with Gasteiger partial charge in [0.05, 0.1) is 19.0 Å². The van der Waals surface area contributed by atoms with Crippen molar-refractivity contribution in [3.8, 4) is 0 Å². The van der Waals surface area contributed by atoms with Gasteiger partial charge >= 0.3 is 6.03 Å². The molecule has 0 spiro atoms. The van der Waals surface area contributed by atoms with Crippen LogP contribution in [0.4, 0.5) is 4.79 Å². The summed E-state index contributed by atoms with van der Waals surface area (Å²) >= 11 is 0. The molecule has 0 aliphatic carbocycles. The number of urea groups is 1. The third-order valence-corrected chi connectivity index (χ3v) is 2.98. The number of furan rings is 1. The highest BCUT2D eigenvalue weighted by molar-refractivity contribution is 5.74. The first-order valence-corrected chi connectivity index (χ1v) is 6.56. The van der Waals surface area contributed by atoms with Crippen LogP contribution in [0, 0.1) is 0 Å². The van der Waals surface area contributed by atoms with Gasteiger partial charge in [-0.3, -0.25) is 4.68 Å². The van der Waals surface area contributed by atoms with Gasteiger partial charge in [-0.05, 0) is 19.1 Å². The lowest BCUT2D eigenvalue weighted by Crippen LogP contribution is -2.42. The summed E-state index contributed by atoms with van der Waals surface area (Å²) in [5, 5.41) is 7.03. The summed E-state index contributed by atoms with van der Waals surface area (Å²) in [7, 11) is 3.62. The van der Waals surface area contributed by atoms with Crippen molar-refractivity contribution in [2.45, 2.75) is 25.9 Å². The zero-order chi connectivity index (χ0) is 14.5. The summed E-state index contributed by atoms with van der Waals surface area (Å²) < 4.78 is 6.99. The summed E-state index contributed by atoms with van der Waals surface area (Å²) in [4.78, 5) is 13.7. The SMILES string of the molecule is C[C@@H](Cc1ccco1)NC(=O)N(C)Cc1cnn(C)c1. The molecule has 0 aromatic carbocycles. The van der Waals surface area contributed by atoms with E-state index in [1.807, 2.05) is 32.3 Å². The number of nitrogens with zero attached hydrogens (tertiary/aromatic N) is 3. The highest BCUT2D eigenvalue weighted by Crippen LogP contribution is 2.05. The van der Waals surface area contributed by atoms with Crippen molar-refractivity contribution >= 4 is 6.03 Å². The van der Waals surface area contributed by atoms with Gasteiger partial charge < -0.3 is 14.6 Å². The zero-order valence-electron chi connectivity index (χ0n) is 12.0. The van der Waals surface area contributed by atoms with Crippen molar-refractivity contribution in [1.82, 2.24) is 20.0 Å². The molecule has 1 atom stereocenters. The lowest BCUT2D eigenvalue weighted by molar-refractivity contribution is 0.203. The van der Waals surface area contributed by atoms with Gasteiger partial charge in [-0.15, -0.1) is 0 Å². The topological polar surface area (TPSA) is 63.3 Å². The van der Waals surface area contributed by atoms with Crippen LogP contribution in [0.5, 0.6) is 0 Å². The van der Waals surface area contributed by atoms with Crippen molar-refractivity contribution in [2.24, 2.45) is 7.05 Å². The van der Waals surface area contributed by atoms with Crippen LogP contribution in [0.3, 0.4) is 0 Å². The molecule has 2 heterocycles. The lowest BCUT2D eigenvalue weighted by atomic mass is 10.2. The molecule has 0 radical (unpaired) electrons. The Morgan fingerprint density at radius 3 is 3.00 bits per heavy atom. The van der Waals surface area contributed by atoms with Crippen LogP contribution in [0.2, 0.25) is 0 Å². The van der Waals surface area contributed by atoms with E-state index >= 15 is 0 Å². The molecule has 0 unspecified atom stereocenters. The average Bonchev–Trinajstić information content (AvgIpc) is 3.01. The number of hydrogen-bond acceptors (Lipinski definition) is 3. The quantitative estimate of drug-likeness (QED) is 0.905. The van der Waals surface area contributed by atoms with Crippen LogP contribution in [-0.4, -0.2) is 33.8 Å². The normalized spacial score (nSPS) is 12.2. The first kappa shape index (κ1) is 14.2. The Bertz CT molecular complexity index is 547. The first-order valence-electron chi connectivity index (χ1n) is 6.56. The second kappa shape index (κ2) is 6.27. The van der Waals surface area contributed by atoms with Gasteiger partial charge in [-0.25, -0.2) is 4.79 Å². The largest absolute Gasteiger partial charge is 0.469 e. The molecule has 6 nitrogen and oxygen atoms in total. The van der Waals surface area contributed by atoms with Crippen molar-refractivity contribution < 1.29 is 9.21 Å². The minimum atomic E-state index is -0.104. The number of rotatable bonds is 5. The third-order valence-electron chi connectivity index (χ3n) is 2.98. The number of nitrogens with one attached hydrogen (secondary N) is 1. The lowest BCUT2D eigenvalue weighted by Gasteiger charge is -2.20. The molecule has 2 aromatic rings. The van der Waals surface area contributed by atoms with E-state index in [0.29, 0.717) is 13.0 Å². The fourth-order valence-corrected chi connectivity index (χ4v) is 2.00. The van der Waals surface area contributed by atoms with Crippen molar-refractivity contribution in [2.75, 3.05) is 7.05 Å². The van der Waals surface area contributed by atoms with E-state index in [-0.39, 0.29) is 12.1 Å². The molecule has 20 heavy (non-hydrogen) atoms. The summed E-state index contributed by atoms with van der Waals surface area (Å²) in [5.41, 5.74) is 1.00. The maximum atomic E-state index is 12.1. The fraction of sp³-hybridized carbons (Fsp3) is 0.429. The van der Waals surface area contributed by atoms with Crippen LogP contribution >= 0.6 is 0 Å². The third kappa shape index (κ3) is 3.88. The number of hydrogen-bond donors (Lipinski definition) is 1. The van der Waals surface area contributed by atoms with Crippen molar-refractivity contribution in [3.05, 3.63) is 42.1 Å². The molecule has 2 rings (SSSR count). The molecule has 108 valence electrons. The first-order chi connectivity index (χ1) is 9.54. The number of aryl methyl sites for hydroxylation is 1. The van der Waals surface area contributed by atoms with Gasteiger partial charge in [-0.2, -0.15) is 5.10 Å². The maximum absolute atomic E-state index is 12.1. The Kier molecular flexibility index (Phi) is 4.45. The van der Waals surface area contributed by atoms with Crippen molar-refractivity contribution in [1.29, 1.82) is 0 Å². The Labute approximate surface area is 118 Å². The molecular weight excluding hydrogens is 256 g/mol. The standard InChI is InChI=1S/C14H20N4O2/c1-11(7-13-5-4-6-20-13)16-14(19)17(2)9-12-8-15-18(3)10-12/h4-6,8,10-11H,7,9H2,1-3H3,(H,16,19)/t11-/m0/s1. The van der Waals surface area contributed by atoms with Gasteiger partial charge in [-0.1, -0.05) is 0 Å². The molecule has 0 aliphatic rings. The smallest absolute Gasteiger partial charge is 0.317 e. The molecule has 2 aromatic heterocycles. The van der Waals surface area contributed by atoms with Gasteiger partial charge in [0.1, 0.15) is 5.76 Å². The number of carbonyl (C=O) groups excluding carboxylic acids is 1. The highest BCUT2D eigenvalue weighted by atomic mass is 16.3. The molecule has 6 heteroatoms. The second-order valence-electron chi connectivity index (χ2n) is 5.01. The van der Waals surface area contributed by atoms with Crippen LogP contribution in [-0.2, 0) is 20.0 Å². The minimum Gasteiger partial charge on any atom is -0.469 e. The average molecular weight is 276 g/mol. The number of aromatic nitrogens is 2. The van der Waals surface area contributed by atoms with E-state index in [1.165, 1.54) is 0 Å². The van der Waals surface area contributed by atoms with E-state index in [0.717, 1.165) is 11.3 Å². The van der Waals surface area contributed by atoms with Gasteiger partial charge in [0.2, 0.25) is 0 Å². The van der Waals surface area contributed by atoms with Crippen LogP contribution in [0.15, 0.2) is 35.2 Å². The van der Waals surface area contributed by atoms with E-state index in [1.54, 1.807) is 29.1 Å². The van der Waals surface area contributed by atoms with Crippen molar-refractivity contribution in [3.63, 3.8) is 0 Å². The monoisotopic (exact) mass is 276 g/mol. The Balaban J connectivity index is 1.81. The molecule has 0 fully saturated rings. The Morgan fingerprint density at radius 1 is 1.60 bits per heavy atom. The molecular formula is C14H20N4O2. The van der Waals surface area contributed by atoms with E-state index < -0.39 is 0 Å². The predicted octanol–water partition coefficient (Wildman–Crippen LogP) is 1.79. The van der Waals surface area contributed by atoms with Crippen LogP contribution in [0.25, 0.3) is 0 Å².